The lowest BCUT2D eigenvalue weighted by Gasteiger charge is -2.13. The summed E-state index contributed by atoms with van der Waals surface area (Å²) in [5.74, 6) is 0.783. The summed E-state index contributed by atoms with van der Waals surface area (Å²) >= 11 is 0. The van der Waals surface area contributed by atoms with Crippen LogP contribution < -0.4 is 0 Å². The maximum Gasteiger partial charge on any atom is 0.165 e. The van der Waals surface area contributed by atoms with Crippen LogP contribution in [0, 0.1) is 6.92 Å². The predicted molar refractivity (Wildman–Crippen MR) is 190 cm³/mol. The van der Waals surface area contributed by atoms with Crippen molar-refractivity contribution in [3.8, 4) is 67.5 Å². The third-order valence-corrected chi connectivity index (χ3v) is 8.54. The number of imidazole rings is 1. The maximum atomic E-state index is 10.9. The quantitative estimate of drug-likeness (QED) is 0.205. The van der Waals surface area contributed by atoms with Crippen molar-refractivity contribution in [3.63, 3.8) is 0 Å². The minimum atomic E-state index is 0.162. The number of rotatable bonds is 6. The van der Waals surface area contributed by atoms with Crippen molar-refractivity contribution in [2.24, 2.45) is 0 Å². The minimum Gasteiger partial charge on any atom is -0.507 e. The zero-order valence-electron chi connectivity index (χ0n) is 25.7. The molecule has 0 aliphatic heterocycles. The molecule has 0 bridgehead atoms. The summed E-state index contributed by atoms with van der Waals surface area (Å²) in [4.78, 5) is 14.9. The van der Waals surface area contributed by atoms with Crippen molar-refractivity contribution in [1.82, 2.24) is 19.5 Å². The molecule has 5 nitrogen and oxygen atoms in total. The fourth-order valence-corrected chi connectivity index (χ4v) is 6.21. The second-order valence-corrected chi connectivity index (χ2v) is 11.6. The molecule has 0 atom stereocenters. The highest BCUT2D eigenvalue weighted by Gasteiger charge is 2.21. The van der Waals surface area contributed by atoms with E-state index >= 15 is 0 Å². The number of benzene rings is 5. The van der Waals surface area contributed by atoms with Crippen LogP contribution >= 0.6 is 0 Å². The first-order valence-corrected chi connectivity index (χ1v) is 15.6. The van der Waals surface area contributed by atoms with E-state index in [-0.39, 0.29) is 5.75 Å². The number of hydrogen-bond donors (Lipinski definition) is 1. The van der Waals surface area contributed by atoms with Crippen molar-refractivity contribution >= 4 is 11.2 Å². The van der Waals surface area contributed by atoms with E-state index in [1.54, 1.807) is 6.07 Å². The van der Waals surface area contributed by atoms with Gasteiger partial charge in [-0.15, -0.1) is 0 Å². The first-order valence-electron chi connectivity index (χ1n) is 15.6. The van der Waals surface area contributed by atoms with E-state index in [4.69, 9.17) is 15.0 Å². The van der Waals surface area contributed by atoms with Gasteiger partial charge in [-0.05, 0) is 94.9 Å². The third-order valence-electron chi connectivity index (χ3n) is 8.54. The molecule has 3 aromatic heterocycles. The van der Waals surface area contributed by atoms with Gasteiger partial charge in [0.25, 0.3) is 0 Å². The Morgan fingerprint density at radius 1 is 0.532 bits per heavy atom. The summed E-state index contributed by atoms with van der Waals surface area (Å²) in [6, 6.07) is 49.0. The molecule has 5 aromatic carbocycles. The van der Waals surface area contributed by atoms with E-state index in [1.165, 1.54) is 0 Å². The zero-order chi connectivity index (χ0) is 31.7. The van der Waals surface area contributed by atoms with Crippen LogP contribution in [-0.4, -0.2) is 24.6 Å². The Morgan fingerprint density at radius 2 is 1.17 bits per heavy atom. The molecule has 0 spiro atoms. The Morgan fingerprint density at radius 3 is 1.91 bits per heavy atom. The first-order chi connectivity index (χ1) is 23.1. The van der Waals surface area contributed by atoms with Crippen LogP contribution in [0.15, 0.2) is 158 Å². The number of hydrogen-bond acceptors (Lipinski definition) is 4. The van der Waals surface area contributed by atoms with E-state index < -0.39 is 0 Å². The average molecular weight is 607 g/mol. The average Bonchev–Trinajstić information content (AvgIpc) is 3.52. The fraction of sp³-hybridized carbons (Fsp3) is 0.0238. The second kappa shape index (κ2) is 11.9. The summed E-state index contributed by atoms with van der Waals surface area (Å²) in [5, 5.41) is 10.9. The molecular weight excluding hydrogens is 576 g/mol. The van der Waals surface area contributed by atoms with Gasteiger partial charge < -0.3 is 5.11 Å². The molecule has 1 N–H and O–H groups in total. The summed E-state index contributed by atoms with van der Waals surface area (Å²) in [7, 11) is 0. The van der Waals surface area contributed by atoms with E-state index in [1.807, 2.05) is 83.7 Å². The number of pyridine rings is 2. The van der Waals surface area contributed by atoms with Gasteiger partial charge >= 0.3 is 0 Å². The second-order valence-electron chi connectivity index (χ2n) is 11.6. The number of nitrogens with zero attached hydrogens (tertiary/aromatic N) is 4. The number of phenols is 1. The molecule has 0 fully saturated rings. The molecule has 0 unspecified atom stereocenters. The van der Waals surface area contributed by atoms with E-state index in [0.717, 1.165) is 61.4 Å². The molecule has 0 radical (unpaired) electrons. The van der Waals surface area contributed by atoms with Crippen LogP contribution in [0.4, 0.5) is 0 Å². The largest absolute Gasteiger partial charge is 0.507 e. The normalized spacial score (nSPS) is 11.2. The van der Waals surface area contributed by atoms with Gasteiger partial charge in [0.1, 0.15) is 11.3 Å². The molecule has 0 saturated heterocycles. The van der Waals surface area contributed by atoms with Gasteiger partial charge in [-0.25, -0.2) is 9.97 Å². The Hall–Kier alpha value is -6.33. The van der Waals surface area contributed by atoms with Crippen molar-refractivity contribution in [1.29, 1.82) is 0 Å². The minimum absolute atomic E-state index is 0.162. The topological polar surface area (TPSA) is 63.8 Å². The molecule has 5 heteroatoms. The van der Waals surface area contributed by atoms with Gasteiger partial charge in [0.05, 0.1) is 11.3 Å². The number of para-hydroxylation sites is 2. The lowest BCUT2D eigenvalue weighted by molar-refractivity contribution is 0.477. The highest BCUT2D eigenvalue weighted by molar-refractivity contribution is 5.95. The summed E-state index contributed by atoms with van der Waals surface area (Å²) in [6.07, 6.45) is 3.79. The third kappa shape index (κ3) is 5.24. The van der Waals surface area contributed by atoms with Gasteiger partial charge in [-0.2, -0.15) is 0 Å². The standard InChI is InChI=1S/C42H30N4O/c1-28-27-44-38(26-37(28)30-15-7-3-8-16-30)33-24-31(29-13-5-2-6-14-29)23-32(25-33)35-21-22-43-42-40(35)45-41(36-19-11-12-20-39(36)47)46(42)34-17-9-4-10-18-34/h2-27,47H,1H3. The molecule has 0 aliphatic rings. The van der Waals surface area contributed by atoms with Crippen LogP contribution in [0.3, 0.4) is 0 Å². The zero-order valence-corrected chi connectivity index (χ0v) is 25.7. The Labute approximate surface area is 273 Å². The predicted octanol–water partition coefficient (Wildman–Crippen LogP) is 10.2. The van der Waals surface area contributed by atoms with Crippen molar-refractivity contribution < 1.29 is 5.11 Å². The molecule has 0 saturated carbocycles. The highest BCUT2D eigenvalue weighted by Crippen LogP contribution is 2.39. The van der Waals surface area contributed by atoms with Crippen LogP contribution in [0.1, 0.15) is 5.56 Å². The summed E-state index contributed by atoms with van der Waals surface area (Å²) in [5.41, 5.74) is 12.5. The first kappa shape index (κ1) is 28.2. The van der Waals surface area contributed by atoms with Gasteiger partial charge in [0.15, 0.2) is 11.5 Å². The lowest BCUT2D eigenvalue weighted by atomic mass is 9.93. The fourth-order valence-electron chi connectivity index (χ4n) is 6.21. The van der Waals surface area contributed by atoms with Crippen LogP contribution in [0.25, 0.3) is 72.9 Å². The van der Waals surface area contributed by atoms with Gasteiger partial charge in [-0.1, -0.05) is 91.0 Å². The van der Waals surface area contributed by atoms with E-state index in [9.17, 15) is 5.11 Å². The van der Waals surface area contributed by atoms with Gasteiger partial charge in [0, 0.05) is 29.2 Å². The van der Waals surface area contributed by atoms with E-state index in [0.29, 0.717) is 17.0 Å². The molecule has 0 amide bonds. The van der Waals surface area contributed by atoms with Crippen LogP contribution in [0.2, 0.25) is 0 Å². The Bertz CT molecular complexity index is 2370. The van der Waals surface area contributed by atoms with E-state index in [2.05, 4.69) is 79.7 Å². The van der Waals surface area contributed by atoms with Gasteiger partial charge in [-0.3, -0.25) is 9.55 Å². The number of aromatic nitrogens is 4. The number of fused-ring (bicyclic) bond motifs is 1. The van der Waals surface area contributed by atoms with Crippen molar-refractivity contribution in [2.45, 2.75) is 6.92 Å². The molecule has 3 heterocycles. The lowest BCUT2D eigenvalue weighted by Crippen LogP contribution is -1.98. The summed E-state index contributed by atoms with van der Waals surface area (Å²) < 4.78 is 2.02. The number of aryl methyl sites for hydroxylation is 1. The Kier molecular flexibility index (Phi) is 7.12. The Balaban J connectivity index is 1.38. The SMILES string of the molecule is Cc1cnc(-c2cc(-c3ccccc3)cc(-c3ccnc4c3nc(-c3ccccc3O)n4-c3ccccc3)c2)cc1-c1ccccc1. The molecule has 47 heavy (non-hydrogen) atoms. The molecule has 8 aromatic rings. The molecule has 224 valence electrons. The molecular formula is C42H30N4O. The number of aromatic hydroxyl groups is 1. The van der Waals surface area contributed by atoms with Gasteiger partial charge in [0.2, 0.25) is 0 Å². The van der Waals surface area contributed by atoms with Crippen LogP contribution in [-0.2, 0) is 0 Å². The maximum absolute atomic E-state index is 10.9. The van der Waals surface area contributed by atoms with Crippen molar-refractivity contribution in [2.75, 3.05) is 0 Å². The smallest absolute Gasteiger partial charge is 0.165 e. The highest BCUT2D eigenvalue weighted by atomic mass is 16.3. The molecule has 8 rings (SSSR count). The molecule has 0 aliphatic carbocycles. The number of phenolic OH excluding ortho intramolecular Hbond substituents is 1. The summed E-state index contributed by atoms with van der Waals surface area (Å²) in [6.45, 7) is 2.10. The van der Waals surface area contributed by atoms with Crippen molar-refractivity contribution in [3.05, 3.63) is 164 Å². The monoisotopic (exact) mass is 606 g/mol. The van der Waals surface area contributed by atoms with Crippen LogP contribution in [0.5, 0.6) is 5.75 Å².